The lowest BCUT2D eigenvalue weighted by atomic mass is 10.1. The number of fused-ring (bicyclic) bond motifs is 2. The van der Waals surface area contributed by atoms with Gasteiger partial charge in [0.25, 0.3) is 0 Å². The quantitative estimate of drug-likeness (QED) is 0.841. The molecule has 1 aromatic heterocycles. The second-order valence-electron chi connectivity index (χ2n) is 7.15. The van der Waals surface area contributed by atoms with Gasteiger partial charge in [0.15, 0.2) is 0 Å². The molecule has 7 nitrogen and oxygen atoms in total. The minimum Gasteiger partial charge on any atom is -0.494 e. The Kier molecular flexibility index (Phi) is 5.38. The standard InChI is InChI=1S/C20H26N4O3/c1-2-26-17-7-3-14(4-8-17)20-22-18(27-23-20)9-10-19(25)24-15-5-6-16(24)13-21-12-11-15/h3-4,7-8,15-16,21H,2,5-6,9-13H2,1H3. The number of amides is 1. The summed E-state index contributed by atoms with van der Waals surface area (Å²) < 4.78 is 10.8. The average molecular weight is 370 g/mol. The van der Waals surface area contributed by atoms with E-state index in [1.165, 1.54) is 0 Å². The normalized spacial score (nSPS) is 21.9. The van der Waals surface area contributed by atoms with E-state index < -0.39 is 0 Å². The van der Waals surface area contributed by atoms with Gasteiger partial charge in [-0.1, -0.05) is 5.16 Å². The summed E-state index contributed by atoms with van der Waals surface area (Å²) in [6, 6.07) is 8.33. The SMILES string of the molecule is CCOc1ccc(-c2noc(CCC(=O)N3C4CCNCC3CC4)n2)cc1. The zero-order valence-corrected chi connectivity index (χ0v) is 15.7. The van der Waals surface area contributed by atoms with Crippen LogP contribution >= 0.6 is 0 Å². The first-order valence-electron chi connectivity index (χ1n) is 9.82. The van der Waals surface area contributed by atoms with E-state index in [0.717, 1.165) is 43.7 Å². The van der Waals surface area contributed by atoms with Gasteiger partial charge >= 0.3 is 0 Å². The molecule has 2 saturated heterocycles. The maximum absolute atomic E-state index is 12.8. The molecule has 2 bridgehead atoms. The molecular weight excluding hydrogens is 344 g/mol. The van der Waals surface area contributed by atoms with Crippen LogP contribution in [0.3, 0.4) is 0 Å². The molecule has 1 amide bonds. The van der Waals surface area contributed by atoms with Crippen LogP contribution in [0.5, 0.6) is 5.75 Å². The van der Waals surface area contributed by atoms with Gasteiger partial charge in [-0.15, -0.1) is 0 Å². The van der Waals surface area contributed by atoms with Crippen LogP contribution in [0.2, 0.25) is 0 Å². The van der Waals surface area contributed by atoms with E-state index in [9.17, 15) is 4.79 Å². The van der Waals surface area contributed by atoms with Crippen molar-refractivity contribution in [3.63, 3.8) is 0 Å². The van der Waals surface area contributed by atoms with Crippen LogP contribution in [0.15, 0.2) is 28.8 Å². The van der Waals surface area contributed by atoms with Gasteiger partial charge in [0.1, 0.15) is 5.75 Å². The Morgan fingerprint density at radius 3 is 2.89 bits per heavy atom. The van der Waals surface area contributed by atoms with Crippen LogP contribution in [-0.4, -0.2) is 52.7 Å². The monoisotopic (exact) mass is 370 g/mol. The molecule has 1 aromatic carbocycles. The fraction of sp³-hybridized carbons (Fsp3) is 0.550. The molecule has 1 N–H and O–H groups in total. The molecule has 4 rings (SSSR count). The summed E-state index contributed by atoms with van der Waals surface area (Å²) >= 11 is 0. The first-order valence-corrected chi connectivity index (χ1v) is 9.82. The summed E-state index contributed by atoms with van der Waals surface area (Å²) in [5.74, 6) is 2.07. The smallest absolute Gasteiger partial charge is 0.227 e. The Morgan fingerprint density at radius 2 is 2.07 bits per heavy atom. The number of aromatic nitrogens is 2. The Labute approximate surface area is 159 Å². The summed E-state index contributed by atoms with van der Waals surface area (Å²) in [6.45, 7) is 4.49. The van der Waals surface area contributed by atoms with Crippen molar-refractivity contribution in [3.05, 3.63) is 30.2 Å². The van der Waals surface area contributed by atoms with Crippen LogP contribution in [0.4, 0.5) is 0 Å². The molecule has 0 saturated carbocycles. The number of benzene rings is 1. The van der Waals surface area contributed by atoms with Crippen LogP contribution in [0, 0.1) is 0 Å². The maximum atomic E-state index is 12.8. The number of aryl methyl sites for hydroxylation is 1. The highest BCUT2D eigenvalue weighted by Gasteiger charge is 2.37. The zero-order chi connectivity index (χ0) is 18.6. The zero-order valence-electron chi connectivity index (χ0n) is 15.7. The van der Waals surface area contributed by atoms with E-state index in [-0.39, 0.29) is 5.91 Å². The lowest BCUT2D eigenvalue weighted by Crippen LogP contribution is -2.42. The van der Waals surface area contributed by atoms with Crippen LogP contribution in [-0.2, 0) is 11.2 Å². The minimum atomic E-state index is 0.201. The second-order valence-corrected chi connectivity index (χ2v) is 7.15. The van der Waals surface area contributed by atoms with Crippen LogP contribution in [0.25, 0.3) is 11.4 Å². The number of carbonyl (C=O) groups is 1. The van der Waals surface area contributed by atoms with Crippen molar-refractivity contribution < 1.29 is 14.1 Å². The van der Waals surface area contributed by atoms with Gasteiger partial charge in [-0.3, -0.25) is 4.79 Å². The Morgan fingerprint density at radius 1 is 1.26 bits per heavy atom. The molecule has 2 unspecified atom stereocenters. The summed E-state index contributed by atoms with van der Waals surface area (Å²) in [6.07, 6.45) is 4.17. The Hall–Kier alpha value is -2.41. The molecule has 0 spiro atoms. The van der Waals surface area contributed by atoms with E-state index in [2.05, 4.69) is 20.4 Å². The van der Waals surface area contributed by atoms with Gasteiger partial charge in [-0.2, -0.15) is 4.98 Å². The molecule has 2 atom stereocenters. The van der Waals surface area contributed by atoms with E-state index in [4.69, 9.17) is 9.26 Å². The molecule has 2 fully saturated rings. The molecule has 0 radical (unpaired) electrons. The van der Waals surface area contributed by atoms with Crippen molar-refractivity contribution in [1.82, 2.24) is 20.4 Å². The van der Waals surface area contributed by atoms with E-state index >= 15 is 0 Å². The highest BCUT2D eigenvalue weighted by atomic mass is 16.5. The number of hydrogen-bond acceptors (Lipinski definition) is 6. The van der Waals surface area contributed by atoms with Crippen molar-refractivity contribution in [2.24, 2.45) is 0 Å². The number of nitrogens with one attached hydrogen (secondary N) is 1. The number of hydrogen-bond donors (Lipinski definition) is 1. The molecular formula is C20H26N4O3. The van der Waals surface area contributed by atoms with Crippen molar-refractivity contribution in [2.45, 2.75) is 51.1 Å². The average Bonchev–Trinajstić information content (AvgIpc) is 3.24. The number of rotatable bonds is 6. The molecule has 2 aliphatic rings. The third-order valence-electron chi connectivity index (χ3n) is 5.39. The van der Waals surface area contributed by atoms with E-state index in [1.807, 2.05) is 31.2 Å². The van der Waals surface area contributed by atoms with Crippen LogP contribution < -0.4 is 10.1 Å². The molecule has 27 heavy (non-hydrogen) atoms. The van der Waals surface area contributed by atoms with Crippen molar-refractivity contribution >= 4 is 5.91 Å². The molecule has 7 heteroatoms. The summed E-state index contributed by atoms with van der Waals surface area (Å²) in [5.41, 5.74) is 0.872. The number of nitrogens with zero attached hydrogens (tertiary/aromatic N) is 3. The van der Waals surface area contributed by atoms with Crippen LogP contribution in [0.1, 0.15) is 38.5 Å². The molecule has 2 aliphatic heterocycles. The largest absolute Gasteiger partial charge is 0.494 e. The topological polar surface area (TPSA) is 80.5 Å². The third kappa shape index (κ3) is 3.98. The van der Waals surface area contributed by atoms with Gasteiger partial charge in [0, 0.05) is 37.0 Å². The van der Waals surface area contributed by atoms with Gasteiger partial charge in [0.05, 0.1) is 6.61 Å². The molecule has 3 heterocycles. The summed E-state index contributed by atoms with van der Waals surface area (Å²) in [7, 11) is 0. The van der Waals surface area contributed by atoms with Crippen molar-refractivity contribution in [3.8, 4) is 17.1 Å². The fourth-order valence-corrected chi connectivity index (χ4v) is 4.07. The summed E-state index contributed by atoms with van der Waals surface area (Å²) in [4.78, 5) is 19.3. The second kappa shape index (κ2) is 8.08. The highest BCUT2D eigenvalue weighted by molar-refractivity contribution is 5.77. The first-order chi connectivity index (χ1) is 13.2. The lowest BCUT2D eigenvalue weighted by molar-refractivity contribution is -0.133. The number of carbonyl (C=O) groups excluding carboxylic acids is 1. The summed E-state index contributed by atoms with van der Waals surface area (Å²) in [5, 5.41) is 7.47. The minimum absolute atomic E-state index is 0.201. The van der Waals surface area contributed by atoms with Gasteiger partial charge in [-0.05, 0) is 57.0 Å². The molecule has 2 aromatic rings. The molecule has 0 aliphatic carbocycles. The maximum Gasteiger partial charge on any atom is 0.227 e. The van der Waals surface area contributed by atoms with Crippen molar-refractivity contribution in [1.29, 1.82) is 0 Å². The predicted molar refractivity (Wildman–Crippen MR) is 100 cm³/mol. The third-order valence-corrected chi connectivity index (χ3v) is 5.39. The highest BCUT2D eigenvalue weighted by Crippen LogP contribution is 2.29. The Bertz CT molecular complexity index is 760. The first kappa shape index (κ1) is 18.0. The predicted octanol–water partition coefficient (Wildman–Crippen LogP) is 2.42. The van der Waals surface area contributed by atoms with Crippen molar-refractivity contribution in [2.75, 3.05) is 19.7 Å². The molecule has 144 valence electrons. The fourth-order valence-electron chi connectivity index (χ4n) is 4.07. The number of ether oxygens (including phenoxy) is 1. The Balaban J connectivity index is 1.36. The van der Waals surface area contributed by atoms with Gasteiger partial charge < -0.3 is 19.5 Å². The van der Waals surface area contributed by atoms with E-state index in [0.29, 0.717) is 43.2 Å². The van der Waals surface area contributed by atoms with Gasteiger partial charge in [0.2, 0.25) is 17.6 Å². The van der Waals surface area contributed by atoms with E-state index in [1.54, 1.807) is 0 Å². The van der Waals surface area contributed by atoms with Gasteiger partial charge in [-0.25, -0.2) is 0 Å². The lowest BCUT2D eigenvalue weighted by Gasteiger charge is -2.27.